The minimum absolute atomic E-state index is 0.104. The van der Waals surface area contributed by atoms with Crippen LogP contribution in [0.3, 0.4) is 0 Å². The third-order valence-electron chi connectivity index (χ3n) is 6.80. The lowest BCUT2D eigenvalue weighted by molar-refractivity contribution is -0.136. The minimum atomic E-state index is -0.672. The fourth-order valence-electron chi connectivity index (χ4n) is 4.85. The van der Waals surface area contributed by atoms with Crippen molar-refractivity contribution in [1.82, 2.24) is 14.6 Å². The number of hydrazone groups is 1. The lowest BCUT2D eigenvalue weighted by Crippen LogP contribution is -2.31. The van der Waals surface area contributed by atoms with E-state index in [1.165, 1.54) is 17.1 Å². The third-order valence-corrected chi connectivity index (χ3v) is 6.80. The zero-order valence-electron chi connectivity index (χ0n) is 20.2. The van der Waals surface area contributed by atoms with Crippen molar-refractivity contribution < 1.29 is 18.7 Å². The van der Waals surface area contributed by atoms with Crippen LogP contribution < -0.4 is 5.56 Å². The van der Waals surface area contributed by atoms with E-state index in [9.17, 15) is 14.4 Å². The van der Waals surface area contributed by atoms with Crippen LogP contribution in [0.2, 0.25) is 0 Å². The second kappa shape index (κ2) is 9.16. The zero-order valence-corrected chi connectivity index (χ0v) is 20.2. The number of amides is 1. The van der Waals surface area contributed by atoms with E-state index in [-0.39, 0.29) is 11.1 Å². The Labute approximate surface area is 212 Å². The maximum Gasteiger partial charge on any atom is 0.338 e. The molecule has 0 unspecified atom stereocenters. The standard InChI is InChI=1S/C28H24N4O5/c1-17-6-8-18(9-7-17)21-15-23(24-4-3-13-36-24)32(30-21)26(33)16-37-28(35)19-10-11-20-22(14-19)29-25-5-2-12-31(25)27(20)34/h3-4,6-11,13-14,23H,2,5,12,15-16H2,1H3/t23-/m0/s1. The molecule has 1 amide bonds. The minimum Gasteiger partial charge on any atom is -0.467 e. The highest BCUT2D eigenvalue weighted by Crippen LogP contribution is 2.33. The van der Waals surface area contributed by atoms with Gasteiger partial charge in [0.2, 0.25) is 0 Å². The molecule has 2 aliphatic rings. The number of carbonyl (C=O) groups is 2. The predicted octanol–water partition coefficient (Wildman–Crippen LogP) is 3.78. The summed E-state index contributed by atoms with van der Waals surface area (Å²) in [6.07, 6.45) is 3.63. The van der Waals surface area contributed by atoms with E-state index in [2.05, 4.69) is 10.1 Å². The normalized spacial score (nSPS) is 16.6. The van der Waals surface area contributed by atoms with E-state index in [0.717, 1.165) is 35.5 Å². The quantitative estimate of drug-likeness (QED) is 0.389. The summed E-state index contributed by atoms with van der Waals surface area (Å²) in [5.74, 6) is 0.185. The van der Waals surface area contributed by atoms with Gasteiger partial charge < -0.3 is 9.15 Å². The molecule has 2 aromatic heterocycles. The molecule has 0 bridgehead atoms. The van der Waals surface area contributed by atoms with Crippen LogP contribution in [0.5, 0.6) is 0 Å². The van der Waals surface area contributed by atoms with Gasteiger partial charge in [-0.05, 0) is 49.2 Å². The molecule has 0 aliphatic carbocycles. The Kier molecular flexibility index (Phi) is 5.67. The second-order valence-corrected chi connectivity index (χ2v) is 9.28. The van der Waals surface area contributed by atoms with Gasteiger partial charge in [-0.3, -0.25) is 14.2 Å². The Morgan fingerprint density at radius 3 is 2.76 bits per heavy atom. The van der Waals surface area contributed by atoms with E-state index in [1.54, 1.807) is 29.0 Å². The lowest BCUT2D eigenvalue weighted by atomic mass is 10.0. The number of carbonyl (C=O) groups excluding carboxylic acids is 2. The average molecular weight is 497 g/mol. The monoisotopic (exact) mass is 496 g/mol. The topological polar surface area (TPSA) is 107 Å². The maximum absolute atomic E-state index is 13.1. The molecule has 1 atom stereocenters. The molecule has 0 fully saturated rings. The van der Waals surface area contributed by atoms with Gasteiger partial charge in [-0.25, -0.2) is 14.8 Å². The van der Waals surface area contributed by atoms with Crippen molar-refractivity contribution in [3.63, 3.8) is 0 Å². The molecule has 9 heteroatoms. The molecule has 9 nitrogen and oxygen atoms in total. The number of esters is 1. The number of rotatable bonds is 5. The molecule has 6 rings (SSSR count). The highest BCUT2D eigenvalue weighted by Gasteiger charge is 2.35. The number of fused-ring (bicyclic) bond motifs is 2. The number of ether oxygens (including phenoxy) is 1. The van der Waals surface area contributed by atoms with Crippen LogP contribution >= 0.6 is 0 Å². The first kappa shape index (κ1) is 22.9. The molecule has 4 heterocycles. The number of furan rings is 1. The SMILES string of the molecule is Cc1ccc(C2=NN(C(=O)COC(=O)c3ccc4c(=O)n5c(nc4c3)CCC5)[C@H](c3ccco3)C2)cc1. The van der Waals surface area contributed by atoms with E-state index >= 15 is 0 Å². The summed E-state index contributed by atoms with van der Waals surface area (Å²) in [6.45, 7) is 2.18. The fraction of sp³-hybridized carbons (Fsp3) is 0.250. The van der Waals surface area contributed by atoms with Crippen molar-refractivity contribution >= 4 is 28.5 Å². The first-order valence-electron chi connectivity index (χ1n) is 12.2. The summed E-state index contributed by atoms with van der Waals surface area (Å²) >= 11 is 0. The molecule has 0 spiro atoms. The summed E-state index contributed by atoms with van der Waals surface area (Å²) in [4.78, 5) is 43.2. The molecular weight excluding hydrogens is 472 g/mol. The predicted molar refractivity (Wildman–Crippen MR) is 135 cm³/mol. The largest absolute Gasteiger partial charge is 0.467 e. The van der Waals surface area contributed by atoms with Crippen molar-refractivity contribution in [3.8, 4) is 0 Å². The van der Waals surface area contributed by atoms with Crippen LogP contribution in [-0.2, 0) is 22.5 Å². The first-order chi connectivity index (χ1) is 18.0. The molecule has 0 N–H and O–H groups in total. The van der Waals surface area contributed by atoms with Crippen LogP contribution in [0.1, 0.15) is 52.0 Å². The lowest BCUT2D eigenvalue weighted by Gasteiger charge is -2.19. The van der Waals surface area contributed by atoms with Crippen molar-refractivity contribution in [1.29, 1.82) is 0 Å². The van der Waals surface area contributed by atoms with Gasteiger partial charge in [0.25, 0.3) is 11.5 Å². The third kappa shape index (κ3) is 4.22. The molecule has 2 aliphatic heterocycles. The molecule has 2 aromatic carbocycles. The van der Waals surface area contributed by atoms with Crippen molar-refractivity contribution in [2.45, 2.75) is 38.8 Å². The molecule has 0 saturated carbocycles. The van der Waals surface area contributed by atoms with Crippen molar-refractivity contribution in [2.75, 3.05) is 6.61 Å². The average Bonchev–Trinajstić information content (AvgIpc) is 3.68. The van der Waals surface area contributed by atoms with Crippen LogP contribution in [0, 0.1) is 6.92 Å². The fourth-order valence-corrected chi connectivity index (χ4v) is 4.85. The molecule has 37 heavy (non-hydrogen) atoms. The van der Waals surface area contributed by atoms with Crippen LogP contribution in [0.4, 0.5) is 0 Å². The van der Waals surface area contributed by atoms with Crippen LogP contribution in [0.15, 0.2) is 75.2 Å². The van der Waals surface area contributed by atoms with Crippen molar-refractivity contribution in [2.24, 2.45) is 5.10 Å². The Morgan fingerprint density at radius 1 is 1.14 bits per heavy atom. The number of hydrogen-bond acceptors (Lipinski definition) is 7. The van der Waals surface area contributed by atoms with Crippen LogP contribution in [-0.4, -0.2) is 38.8 Å². The van der Waals surface area contributed by atoms with Gasteiger partial charge in [-0.15, -0.1) is 0 Å². The summed E-state index contributed by atoms with van der Waals surface area (Å²) in [6, 6.07) is 15.7. The zero-order chi connectivity index (χ0) is 25.5. The molecule has 186 valence electrons. The first-order valence-corrected chi connectivity index (χ1v) is 12.2. The van der Waals surface area contributed by atoms with Gasteiger partial charge in [0.15, 0.2) is 6.61 Å². The molecule has 4 aromatic rings. The maximum atomic E-state index is 13.1. The molecule has 0 saturated heterocycles. The van der Waals surface area contributed by atoms with Gasteiger partial charge >= 0.3 is 5.97 Å². The van der Waals surface area contributed by atoms with Gasteiger partial charge in [-0.1, -0.05) is 29.8 Å². The summed E-state index contributed by atoms with van der Waals surface area (Å²) in [5, 5.41) is 6.34. The van der Waals surface area contributed by atoms with Crippen LogP contribution in [0.25, 0.3) is 10.9 Å². The number of benzene rings is 2. The summed E-state index contributed by atoms with van der Waals surface area (Å²) in [7, 11) is 0. The van der Waals surface area contributed by atoms with E-state index < -0.39 is 24.5 Å². The Balaban J connectivity index is 1.20. The van der Waals surface area contributed by atoms with Gasteiger partial charge in [0.1, 0.15) is 17.6 Å². The highest BCUT2D eigenvalue weighted by molar-refractivity contribution is 6.03. The smallest absolute Gasteiger partial charge is 0.338 e. The number of hydrogen-bond donors (Lipinski definition) is 0. The van der Waals surface area contributed by atoms with Gasteiger partial charge in [-0.2, -0.15) is 5.10 Å². The van der Waals surface area contributed by atoms with E-state index in [0.29, 0.717) is 29.6 Å². The highest BCUT2D eigenvalue weighted by atomic mass is 16.5. The second-order valence-electron chi connectivity index (χ2n) is 9.28. The summed E-state index contributed by atoms with van der Waals surface area (Å²) in [5.41, 5.74) is 3.36. The van der Waals surface area contributed by atoms with Gasteiger partial charge in [0, 0.05) is 19.4 Å². The number of nitrogens with zero attached hydrogens (tertiary/aromatic N) is 4. The Morgan fingerprint density at radius 2 is 1.97 bits per heavy atom. The Hall–Kier alpha value is -4.53. The van der Waals surface area contributed by atoms with Crippen molar-refractivity contribution in [3.05, 3.63) is 99.5 Å². The molecule has 0 radical (unpaired) electrons. The summed E-state index contributed by atoms with van der Waals surface area (Å²) < 4.78 is 12.6. The number of aromatic nitrogens is 2. The Bertz CT molecular complexity index is 1600. The van der Waals surface area contributed by atoms with E-state index in [1.807, 2.05) is 31.2 Å². The van der Waals surface area contributed by atoms with E-state index in [4.69, 9.17) is 9.15 Å². The van der Waals surface area contributed by atoms with Gasteiger partial charge in [0.05, 0.1) is 28.4 Å². The molecular formula is C28H24N4O5. The number of aryl methyl sites for hydroxylation is 2.